The number of sulfonamides is 1. The van der Waals surface area contributed by atoms with E-state index in [1.54, 1.807) is 43.3 Å². The van der Waals surface area contributed by atoms with Crippen LogP contribution in [0.5, 0.6) is 0 Å². The summed E-state index contributed by atoms with van der Waals surface area (Å²) < 4.78 is 28.0. The van der Waals surface area contributed by atoms with E-state index >= 15 is 0 Å². The largest absolute Gasteiger partial charge is 0.325 e. The minimum Gasteiger partial charge on any atom is -0.325 e. The van der Waals surface area contributed by atoms with Crippen molar-refractivity contribution in [3.63, 3.8) is 0 Å². The van der Waals surface area contributed by atoms with E-state index in [1.807, 2.05) is 0 Å². The minimum atomic E-state index is -3.79. The average Bonchev–Trinajstić information content (AvgIpc) is 2.55. The van der Waals surface area contributed by atoms with Gasteiger partial charge in [0.05, 0.1) is 4.90 Å². The monoisotopic (exact) mass is 430 g/mol. The van der Waals surface area contributed by atoms with Crippen molar-refractivity contribution in [3.8, 4) is 0 Å². The maximum absolute atomic E-state index is 12.4. The van der Waals surface area contributed by atoms with Crippen molar-refractivity contribution < 1.29 is 13.2 Å². The van der Waals surface area contributed by atoms with Crippen molar-refractivity contribution in [2.24, 2.45) is 0 Å². The minimum absolute atomic E-state index is 0.100. The zero-order chi connectivity index (χ0) is 17.7. The molecule has 2 rings (SSSR count). The first kappa shape index (κ1) is 18.9. The fourth-order valence-corrected chi connectivity index (χ4v) is 3.62. The van der Waals surface area contributed by atoms with Crippen molar-refractivity contribution in [2.75, 3.05) is 5.32 Å². The molecule has 1 unspecified atom stereocenters. The molecule has 0 radical (unpaired) electrons. The van der Waals surface area contributed by atoms with Gasteiger partial charge in [-0.2, -0.15) is 4.72 Å². The number of carbonyl (C=O) groups is 1. The highest BCUT2D eigenvalue weighted by atomic mass is 79.9. The number of rotatable bonds is 6. The van der Waals surface area contributed by atoms with E-state index in [0.717, 1.165) is 4.47 Å². The van der Waals surface area contributed by atoms with Crippen LogP contribution in [0.15, 0.2) is 57.9 Å². The van der Waals surface area contributed by atoms with Gasteiger partial charge in [-0.3, -0.25) is 4.79 Å². The highest BCUT2D eigenvalue weighted by Crippen LogP contribution is 2.16. The number of benzene rings is 2. The van der Waals surface area contributed by atoms with Crippen LogP contribution in [-0.2, 0) is 14.8 Å². The Labute approximate surface area is 154 Å². The van der Waals surface area contributed by atoms with Crippen LogP contribution in [0, 0.1) is 0 Å². The van der Waals surface area contributed by atoms with Gasteiger partial charge in [0.15, 0.2) is 0 Å². The molecule has 24 heavy (non-hydrogen) atoms. The fraction of sp³-hybridized carbons (Fsp3) is 0.188. The van der Waals surface area contributed by atoms with E-state index in [2.05, 4.69) is 26.0 Å². The van der Waals surface area contributed by atoms with Crippen LogP contribution in [0.4, 0.5) is 5.69 Å². The molecule has 2 aromatic rings. The summed E-state index contributed by atoms with van der Waals surface area (Å²) in [6, 6.07) is 11.9. The Balaban J connectivity index is 2.11. The molecule has 0 aliphatic carbocycles. The molecule has 0 aromatic heterocycles. The first-order valence-electron chi connectivity index (χ1n) is 7.16. The second-order valence-electron chi connectivity index (χ2n) is 5.03. The SMILES string of the molecule is CCC(NS(=O)(=O)c1ccc(Br)cc1)C(=O)Nc1ccc(Cl)cc1. The number of hydrogen-bond donors (Lipinski definition) is 2. The van der Waals surface area contributed by atoms with Gasteiger partial charge in [-0.1, -0.05) is 34.5 Å². The maximum Gasteiger partial charge on any atom is 0.242 e. The van der Waals surface area contributed by atoms with Crippen LogP contribution in [0.2, 0.25) is 5.02 Å². The number of anilines is 1. The van der Waals surface area contributed by atoms with Gasteiger partial charge >= 0.3 is 0 Å². The third-order valence-electron chi connectivity index (χ3n) is 3.26. The summed E-state index contributed by atoms with van der Waals surface area (Å²) in [5.41, 5.74) is 0.547. The summed E-state index contributed by atoms with van der Waals surface area (Å²) in [5.74, 6) is -0.430. The molecule has 2 N–H and O–H groups in total. The number of carbonyl (C=O) groups excluding carboxylic acids is 1. The molecule has 0 fully saturated rings. The molecule has 128 valence electrons. The predicted octanol–water partition coefficient (Wildman–Crippen LogP) is 3.80. The normalized spacial score (nSPS) is 12.6. The number of halogens is 2. The maximum atomic E-state index is 12.4. The van der Waals surface area contributed by atoms with E-state index < -0.39 is 22.0 Å². The summed E-state index contributed by atoms with van der Waals surface area (Å²) in [4.78, 5) is 12.4. The summed E-state index contributed by atoms with van der Waals surface area (Å²) in [5, 5.41) is 3.22. The highest BCUT2D eigenvalue weighted by molar-refractivity contribution is 9.10. The predicted molar refractivity (Wildman–Crippen MR) is 98.6 cm³/mol. The summed E-state index contributed by atoms with van der Waals surface area (Å²) in [6.45, 7) is 1.73. The van der Waals surface area contributed by atoms with Crippen molar-refractivity contribution in [1.29, 1.82) is 0 Å². The molecule has 1 amide bonds. The quantitative estimate of drug-likeness (QED) is 0.730. The zero-order valence-electron chi connectivity index (χ0n) is 12.8. The Hall–Kier alpha value is -1.41. The lowest BCUT2D eigenvalue weighted by molar-refractivity contribution is -0.117. The smallest absolute Gasteiger partial charge is 0.242 e. The van der Waals surface area contributed by atoms with Crippen LogP contribution in [0.25, 0.3) is 0 Å². The second kappa shape index (κ2) is 8.11. The summed E-state index contributed by atoms with van der Waals surface area (Å²) >= 11 is 9.05. The van der Waals surface area contributed by atoms with Crippen molar-refractivity contribution >= 4 is 49.1 Å². The first-order chi connectivity index (χ1) is 11.3. The molecule has 0 saturated carbocycles. The Bertz CT molecular complexity index is 808. The summed E-state index contributed by atoms with van der Waals surface area (Å²) in [6.07, 6.45) is 0.315. The number of amides is 1. The third-order valence-corrected chi connectivity index (χ3v) is 5.53. The lowest BCUT2D eigenvalue weighted by atomic mass is 10.2. The molecule has 1 atom stereocenters. The van der Waals surface area contributed by atoms with Crippen LogP contribution in [0.3, 0.4) is 0 Å². The molecule has 2 aromatic carbocycles. The Morgan fingerprint density at radius 1 is 1.12 bits per heavy atom. The van der Waals surface area contributed by atoms with E-state index in [9.17, 15) is 13.2 Å². The van der Waals surface area contributed by atoms with Crippen LogP contribution in [-0.4, -0.2) is 20.4 Å². The van der Waals surface area contributed by atoms with E-state index in [1.165, 1.54) is 12.1 Å². The third kappa shape index (κ3) is 5.04. The fourth-order valence-electron chi connectivity index (χ4n) is 1.95. The van der Waals surface area contributed by atoms with E-state index in [-0.39, 0.29) is 4.90 Å². The molecule has 0 aliphatic rings. The lowest BCUT2D eigenvalue weighted by Crippen LogP contribution is -2.43. The van der Waals surface area contributed by atoms with Gasteiger partial charge in [-0.25, -0.2) is 8.42 Å². The molecule has 0 bridgehead atoms. The second-order valence-corrected chi connectivity index (χ2v) is 8.10. The van der Waals surface area contributed by atoms with E-state index in [0.29, 0.717) is 17.1 Å². The molecule has 5 nitrogen and oxygen atoms in total. The average molecular weight is 432 g/mol. The van der Waals surface area contributed by atoms with Crippen LogP contribution < -0.4 is 10.0 Å². The number of hydrogen-bond acceptors (Lipinski definition) is 3. The Morgan fingerprint density at radius 2 is 1.71 bits per heavy atom. The molecule has 0 heterocycles. The Morgan fingerprint density at radius 3 is 2.25 bits per heavy atom. The van der Waals surface area contributed by atoms with Crippen molar-refractivity contribution in [3.05, 3.63) is 58.0 Å². The van der Waals surface area contributed by atoms with Crippen molar-refractivity contribution in [1.82, 2.24) is 4.72 Å². The topological polar surface area (TPSA) is 75.3 Å². The van der Waals surface area contributed by atoms with Gasteiger partial charge in [0, 0.05) is 15.2 Å². The standard InChI is InChI=1S/C16H16BrClN2O3S/c1-2-15(16(21)19-13-7-5-12(18)6-8-13)20-24(22,23)14-9-3-11(17)4-10-14/h3-10,15,20H,2H2,1H3,(H,19,21). The molecule has 0 aliphatic heterocycles. The molecule has 8 heteroatoms. The molecule has 0 saturated heterocycles. The van der Waals surface area contributed by atoms with Gasteiger partial charge in [-0.15, -0.1) is 0 Å². The summed E-state index contributed by atoms with van der Waals surface area (Å²) in [7, 11) is -3.79. The van der Waals surface area contributed by atoms with Crippen molar-refractivity contribution in [2.45, 2.75) is 24.3 Å². The molecular weight excluding hydrogens is 416 g/mol. The van der Waals surface area contributed by atoms with Gasteiger partial charge in [0.25, 0.3) is 0 Å². The van der Waals surface area contributed by atoms with Gasteiger partial charge in [0.1, 0.15) is 6.04 Å². The van der Waals surface area contributed by atoms with Gasteiger partial charge in [0.2, 0.25) is 15.9 Å². The van der Waals surface area contributed by atoms with Gasteiger partial charge < -0.3 is 5.32 Å². The lowest BCUT2D eigenvalue weighted by Gasteiger charge is -2.17. The van der Waals surface area contributed by atoms with Gasteiger partial charge in [-0.05, 0) is 55.0 Å². The van der Waals surface area contributed by atoms with Crippen LogP contribution >= 0.6 is 27.5 Å². The highest BCUT2D eigenvalue weighted by Gasteiger charge is 2.24. The zero-order valence-corrected chi connectivity index (χ0v) is 16.0. The molecular formula is C16H16BrClN2O3S. The first-order valence-corrected chi connectivity index (χ1v) is 9.81. The van der Waals surface area contributed by atoms with Crippen LogP contribution in [0.1, 0.15) is 13.3 Å². The number of nitrogens with one attached hydrogen (secondary N) is 2. The Kier molecular flexibility index (Phi) is 6.40. The van der Waals surface area contributed by atoms with E-state index in [4.69, 9.17) is 11.6 Å². The molecule has 0 spiro atoms.